The van der Waals surface area contributed by atoms with Crippen LogP contribution in [0.5, 0.6) is 0 Å². The van der Waals surface area contributed by atoms with E-state index in [1.165, 1.54) is 9.13 Å². The van der Waals surface area contributed by atoms with Gasteiger partial charge in [0.1, 0.15) is 0 Å². The van der Waals surface area contributed by atoms with Crippen molar-refractivity contribution >= 4 is 54.8 Å². The lowest BCUT2D eigenvalue weighted by Crippen LogP contribution is -2.30. The normalized spacial score (nSPS) is 12.9. The number of halogens is 2. The van der Waals surface area contributed by atoms with Crippen LogP contribution < -0.4 is 11.3 Å². The number of nitrogens with zero attached hydrogens (tertiary/aromatic N) is 2. The Morgan fingerprint density at radius 2 is 2.35 bits per heavy atom. The molecular weight excluding hydrogens is 451 g/mol. The summed E-state index contributed by atoms with van der Waals surface area (Å²) in [5.41, 5.74) is 5.12. The van der Waals surface area contributed by atoms with E-state index in [1.807, 2.05) is 22.0 Å². The third-order valence-corrected chi connectivity index (χ3v) is 5.34. The number of aromatic nitrogens is 2. The number of hydrazine groups is 1. The van der Waals surface area contributed by atoms with Gasteiger partial charge in [-0.15, -0.1) is 11.3 Å². The van der Waals surface area contributed by atoms with E-state index in [2.05, 4.69) is 67.3 Å². The molecule has 1 atom stereocenters. The molecule has 3 N–H and O–H groups in total. The van der Waals surface area contributed by atoms with Gasteiger partial charge in [-0.1, -0.05) is 15.9 Å². The predicted octanol–water partition coefficient (Wildman–Crippen LogP) is 3.51. The Bertz CT molecular complexity index is 710. The summed E-state index contributed by atoms with van der Waals surface area (Å²) in [5.74, 6) is 5.74. The molecule has 0 spiro atoms. The molecule has 2 heterocycles. The minimum atomic E-state index is 0.0454. The second-order valence-corrected chi connectivity index (χ2v) is 7.37. The first kappa shape index (κ1) is 14.5. The van der Waals surface area contributed by atoms with Crippen LogP contribution in [-0.4, -0.2) is 9.38 Å². The van der Waals surface area contributed by atoms with Gasteiger partial charge in [0.05, 0.1) is 11.7 Å². The molecule has 0 saturated heterocycles. The average Bonchev–Trinajstić information content (AvgIpc) is 3.00. The lowest BCUT2D eigenvalue weighted by atomic mass is 10.0. The highest BCUT2D eigenvalue weighted by atomic mass is 127. The van der Waals surface area contributed by atoms with Crippen molar-refractivity contribution in [3.05, 3.63) is 55.3 Å². The molecule has 0 aliphatic heterocycles. The molecule has 0 amide bonds. The third kappa shape index (κ3) is 2.91. The molecule has 1 aromatic carbocycles. The quantitative estimate of drug-likeness (QED) is 0.354. The number of hydrogen-bond acceptors (Lipinski definition) is 4. The summed E-state index contributed by atoms with van der Waals surface area (Å²) in [6.07, 6.45) is 4.84. The molecule has 0 aliphatic carbocycles. The second-order valence-electron chi connectivity index (χ2n) is 4.41. The Hall–Kier alpha value is -0.480. The Balaban J connectivity index is 1.89. The molecule has 0 radical (unpaired) electrons. The highest BCUT2D eigenvalue weighted by Gasteiger charge is 2.16. The number of thiazole rings is 1. The molecule has 3 aromatic rings. The van der Waals surface area contributed by atoms with Crippen molar-refractivity contribution in [2.45, 2.75) is 12.5 Å². The van der Waals surface area contributed by atoms with Crippen LogP contribution in [0.4, 0.5) is 0 Å². The van der Waals surface area contributed by atoms with Crippen molar-refractivity contribution < 1.29 is 0 Å². The lowest BCUT2D eigenvalue weighted by Gasteiger charge is -2.17. The van der Waals surface area contributed by atoms with Crippen LogP contribution in [0.2, 0.25) is 0 Å². The van der Waals surface area contributed by atoms with Crippen molar-refractivity contribution in [1.29, 1.82) is 0 Å². The number of rotatable bonds is 4. The maximum atomic E-state index is 5.74. The summed E-state index contributed by atoms with van der Waals surface area (Å²) in [5, 5.41) is 2.03. The lowest BCUT2D eigenvalue weighted by molar-refractivity contribution is 0.545. The van der Waals surface area contributed by atoms with E-state index in [1.54, 1.807) is 11.3 Å². The van der Waals surface area contributed by atoms with Crippen LogP contribution in [0.15, 0.2) is 40.4 Å². The summed E-state index contributed by atoms with van der Waals surface area (Å²) in [6, 6.07) is 6.26. The molecule has 0 fully saturated rings. The monoisotopic (exact) mass is 462 g/mol. The zero-order valence-electron chi connectivity index (χ0n) is 10.4. The van der Waals surface area contributed by atoms with Crippen LogP contribution in [0.3, 0.4) is 0 Å². The zero-order valence-corrected chi connectivity index (χ0v) is 14.9. The number of benzene rings is 1. The summed E-state index contributed by atoms with van der Waals surface area (Å²) in [4.78, 5) is 5.62. The van der Waals surface area contributed by atoms with Gasteiger partial charge < -0.3 is 0 Å². The van der Waals surface area contributed by atoms with E-state index in [0.29, 0.717) is 0 Å². The van der Waals surface area contributed by atoms with Crippen molar-refractivity contribution in [1.82, 2.24) is 14.8 Å². The molecule has 20 heavy (non-hydrogen) atoms. The highest BCUT2D eigenvalue weighted by molar-refractivity contribution is 14.1. The van der Waals surface area contributed by atoms with Gasteiger partial charge in [-0.2, -0.15) is 0 Å². The third-order valence-electron chi connectivity index (χ3n) is 3.09. The Kier molecular flexibility index (Phi) is 4.41. The first-order valence-electron chi connectivity index (χ1n) is 5.99. The number of imidazole rings is 1. The second kappa shape index (κ2) is 6.10. The fourth-order valence-electron chi connectivity index (χ4n) is 2.12. The fraction of sp³-hybridized carbons (Fsp3) is 0.154. The van der Waals surface area contributed by atoms with Crippen molar-refractivity contribution in [2.24, 2.45) is 5.84 Å². The summed E-state index contributed by atoms with van der Waals surface area (Å²) in [7, 11) is 0. The zero-order chi connectivity index (χ0) is 14.1. The van der Waals surface area contributed by atoms with Crippen LogP contribution in [0, 0.1) is 3.57 Å². The smallest absolute Gasteiger partial charge is 0.193 e. The fourth-order valence-corrected chi connectivity index (χ4v) is 3.93. The van der Waals surface area contributed by atoms with Crippen molar-refractivity contribution in [2.75, 3.05) is 0 Å². The van der Waals surface area contributed by atoms with Gasteiger partial charge >= 0.3 is 0 Å². The molecular formula is C13H12BrIN4S. The number of fused-ring (bicyclic) bond motifs is 1. The van der Waals surface area contributed by atoms with Crippen LogP contribution in [0.1, 0.15) is 17.3 Å². The van der Waals surface area contributed by atoms with Crippen molar-refractivity contribution in [3.8, 4) is 0 Å². The Labute approximate surface area is 142 Å². The minimum Gasteiger partial charge on any atom is -0.297 e. The van der Waals surface area contributed by atoms with E-state index in [-0.39, 0.29) is 6.04 Å². The molecule has 0 saturated carbocycles. The van der Waals surface area contributed by atoms with Gasteiger partial charge in [-0.05, 0) is 46.4 Å². The molecule has 0 bridgehead atoms. The summed E-state index contributed by atoms with van der Waals surface area (Å²) < 4.78 is 4.29. The average molecular weight is 463 g/mol. The van der Waals surface area contributed by atoms with Gasteiger partial charge in [-0.25, -0.2) is 4.98 Å². The summed E-state index contributed by atoms with van der Waals surface area (Å²) >= 11 is 7.48. The maximum absolute atomic E-state index is 5.74. The molecule has 3 rings (SSSR count). The first-order valence-corrected chi connectivity index (χ1v) is 8.74. The molecule has 0 aliphatic rings. The predicted molar refractivity (Wildman–Crippen MR) is 93.7 cm³/mol. The van der Waals surface area contributed by atoms with Gasteiger partial charge in [-0.3, -0.25) is 15.7 Å². The SMILES string of the molecule is NNC(Cc1cn2ccsc2n1)c1cc(Br)ccc1I. The first-order chi connectivity index (χ1) is 9.67. The Morgan fingerprint density at radius 1 is 1.50 bits per heavy atom. The highest BCUT2D eigenvalue weighted by Crippen LogP contribution is 2.26. The van der Waals surface area contributed by atoms with E-state index in [9.17, 15) is 0 Å². The molecule has 104 valence electrons. The molecule has 2 aromatic heterocycles. The van der Waals surface area contributed by atoms with Crippen LogP contribution >= 0.6 is 49.9 Å². The van der Waals surface area contributed by atoms with Gasteiger partial charge in [0.25, 0.3) is 0 Å². The van der Waals surface area contributed by atoms with Gasteiger partial charge in [0.15, 0.2) is 4.96 Å². The van der Waals surface area contributed by atoms with E-state index in [4.69, 9.17) is 5.84 Å². The van der Waals surface area contributed by atoms with E-state index in [0.717, 1.165) is 21.5 Å². The topological polar surface area (TPSA) is 55.3 Å². The molecule has 4 nitrogen and oxygen atoms in total. The number of nitrogens with one attached hydrogen (secondary N) is 1. The largest absolute Gasteiger partial charge is 0.297 e. The standard InChI is InChI=1S/C13H12BrIN4S/c14-8-1-2-11(15)10(5-8)12(18-16)6-9-7-19-3-4-20-13(19)17-9/h1-5,7,12,18H,6,16H2. The van der Waals surface area contributed by atoms with Crippen molar-refractivity contribution in [3.63, 3.8) is 0 Å². The molecule has 7 heteroatoms. The van der Waals surface area contributed by atoms with Gasteiger partial charge in [0.2, 0.25) is 0 Å². The summed E-state index contributed by atoms with van der Waals surface area (Å²) in [6.45, 7) is 0. The molecule has 1 unspecified atom stereocenters. The van der Waals surface area contributed by atoms with Crippen LogP contribution in [-0.2, 0) is 6.42 Å². The van der Waals surface area contributed by atoms with Gasteiger partial charge in [0, 0.05) is 32.2 Å². The maximum Gasteiger partial charge on any atom is 0.193 e. The van der Waals surface area contributed by atoms with E-state index >= 15 is 0 Å². The number of hydrogen-bond donors (Lipinski definition) is 2. The Morgan fingerprint density at radius 3 is 3.10 bits per heavy atom. The minimum absolute atomic E-state index is 0.0454. The van der Waals surface area contributed by atoms with E-state index < -0.39 is 0 Å². The number of nitrogens with two attached hydrogens (primary N) is 1. The van der Waals surface area contributed by atoms with Crippen LogP contribution in [0.25, 0.3) is 4.96 Å².